The highest BCUT2D eigenvalue weighted by molar-refractivity contribution is 5.93. The third-order valence-corrected chi connectivity index (χ3v) is 4.62. The van der Waals surface area contributed by atoms with Gasteiger partial charge in [-0.05, 0) is 12.1 Å². The molecule has 0 bridgehead atoms. The molecule has 2 amide bonds. The molecular formula is C18H22N4O3. The predicted molar refractivity (Wildman–Crippen MR) is 92.2 cm³/mol. The monoisotopic (exact) mass is 342 g/mol. The SMILES string of the molecule is COc1ccccc1[C@@H]1CN(C(C)=O)CCN1C(=O)c1ccnn1C. The minimum absolute atomic E-state index is 0.00697. The van der Waals surface area contributed by atoms with Gasteiger partial charge in [0.15, 0.2) is 0 Å². The number of hydrogen-bond acceptors (Lipinski definition) is 4. The number of ether oxygens (including phenoxy) is 1. The zero-order valence-corrected chi connectivity index (χ0v) is 14.7. The molecular weight excluding hydrogens is 320 g/mol. The van der Waals surface area contributed by atoms with E-state index >= 15 is 0 Å². The second-order valence-electron chi connectivity index (χ2n) is 6.06. The van der Waals surface area contributed by atoms with Crippen LogP contribution in [0.3, 0.4) is 0 Å². The van der Waals surface area contributed by atoms with Gasteiger partial charge in [-0.1, -0.05) is 18.2 Å². The third kappa shape index (κ3) is 3.22. The molecule has 1 aromatic carbocycles. The number of nitrogens with zero attached hydrogens (tertiary/aromatic N) is 4. The Morgan fingerprint density at radius 2 is 1.96 bits per heavy atom. The number of amides is 2. The number of carbonyl (C=O) groups excluding carboxylic acids is 2. The Kier molecular flexibility index (Phi) is 4.74. The van der Waals surface area contributed by atoms with Crippen molar-refractivity contribution in [2.24, 2.45) is 7.05 Å². The molecule has 0 N–H and O–H groups in total. The van der Waals surface area contributed by atoms with Crippen molar-refractivity contribution in [3.05, 3.63) is 47.8 Å². The summed E-state index contributed by atoms with van der Waals surface area (Å²) in [5.74, 6) is 0.618. The smallest absolute Gasteiger partial charge is 0.272 e. The highest BCUT2D eigenvalue weighted by atomic mass is 16.5. The summed E-state index contributed by atoms with van der Waals surface area (Å²) in [5.41, 5.74) is 1.42. The van der Waals surface area contributed by atoms with Crippen molar-refractivity contribution in [2.75, 3.05) is 26.7 Å². The largest absolute Gasteiger partial charge is 0.496 e. The first-order valence-electron chi connectivity index (χ1n) is 8.20. The molecule has 0 radical (unpaired) electrons. The lowest BCUT2D eigenvalue weighted by Gasteiger charge is -2.41. The van der Waals surface area contributed by atoms with Gasteiger partial charge in [-0.3, -0.25) is 14.3 Å². The Hall–Kier alpha value is -2.83. The van der Waals surface area contributed by atoms with Gasteiger partial charge in [0, 0.05) is 45.4 Å². The van der Waals surface area contributed by atoms with E-state index in [-0.39, 0.29) is 17.9 Å². The fraction of sp³-hybridized carbons (Fsp3) is 0.389. The van der Waals surface area contributed by atoms with Gasteiger partial charge in [-0.15, -0.1) is 0 Å². The van der Waals surface area contributed by atoms with E-state index in [4.69, 9.17) is 4.74 Å². The standard InChI is InChI=1S/C18H22N4O3/c1-13(23)21-10-11-22(18(24)15-8-9-19-20(15)2)16(12-21)14-6-4-5-7-17(14)25-3/h4-9,16H,10-12H2,1-3H3/t16-/m0/s1. The Morgan fingerprint density at radius 3 is 2.60 bits per heavy atom. The molecule has 2 heterocycles. The lowest BCUT2D eigenvalue weighted by molar-refractivity contribution is -0.131. The fourth-order valence-electron chi connectivity index (χ4n) is 3.25. The van der Waals surface area contributed by atoms with E-state index in [0.717, 1.165) is 5.56 Å². The summed E-state index contributed by atoms with van der Waals surface area (Å²) < 4.78 is 7.05. The maximum atomic E-state index is 13.1. The van der Waals surface area contributed by atoms with Crippen LogP contribution in [0, 0.1) is 0 Å². The molecule has 7 nitrogen and oxygen atoms in total. The van der Waals surface area contributed by atoms with Crippen LogP contribution in [0.2, 0.25) is 0 Å². The van der Waals surface area contributed by atoms with Gasteiger partial charge in [-0.25, -0.2) is 0 Å². The molecule has 25 heavy (non-hydrogen) atoms. The first-order chi connectivity index (χ1) is 12.0. The summed E-state index contributed by atoms with van der Waals surface area (Å²) in [6, 6.07) is 9.05. The molecule has 1 atom stereocenters. The average Bonchev–Trinajstić information content (AvgIpc) is 3.06. The molecule has 1 aliphatic rings. The van der Waals surface area contributed by atoms with Crippen LogP contribution in [-0.2, 0) is 11.8 Å². The molecule has 0 unspecified atom stereocenters. The molecule has 1 fully saturated rings. The molecule has 132 valence electrons. The van der Waals surface area contributed by atoms with E-state index in [0.29, 0.717) is 31.1 Å². The lowest BCUT2D eigenvalue weighted by atomic mass is 10.0. The van der Waals surface area contributed by atoms with Gasteiger partial charge in [0.25, 0.3) is 5.91 Å². The maximum Gasteiger partial charge on any atom is 0.272 e. The van der Waals surface area contributed by atoms with Gasteiger partial charge >= 0.3 is 0 Å². The van der Waals surface area contributed by atoms with Crippen molar-refractivity contribution in [1.82, 2.24) is 19.6 Å². The van der Waals surface area contributed by atoms with Gasteiger partial charge in [-0.2, -0.15) is 5.10 Å². The van der Waals surface area contributed by atoms with Gasteiger partial charge in [0.1, 0.15) is 11.4 Å². The van der Waals surface area contributed by atoms with Crippen LogP contribution in [0.1, 0.15) is 29.0 Å². The van der Waals surface area contributed by atoms with E-state index < -0.39 is 0 Å². The van der Waals surface area contributed by atoms with Gasteiger partial charge in [0.05, 0.1) is 13.2 Å². The quantitative estimate of drug-likeness (QED) is 0.847. The topological polar surface area (TPSA) is 67.7 Å². The average molecular weight is 342 g/mol. The maximum absolute atomic E-state index is 13.1. The molecule has 0 spiro atoms. The molecule has 2 aromatic rings. The van der Waals surface area contributed by atoms with Crippen LogP contribution >= 0.6 is 0 Å². The van der Waals surface area contributed by atoms with E-state index in [1.54, 1.807) is 47.8 Å². The van der Waals surface area contributed by atoms with Crippen LogP contribution in [0.5, 0.6) is 5.75 Å². The molecule has 1 aromatic heterocycles. The minimum atomic E-state index is -0.267. The second-order valence-corrected chi connectivity index (χ2v) is 6.06. The summed E-state index contributed by atoms with van der Waals surface area (Å²) in [5, 5.41) is 4.09. The first-order valence-corrected chi connectivity index (χ1v) is 8.20. The van der Waals surface area contributed by atoms with E-state index in [1.165, 1.54) is 0 Å². The van der Waals surface area contributed by atoms with Gasteiger partial charge < -0.3 is 14.5 Å². The third-order valence-electron chi connectivity index (χ3n) is 4.62. The molecule has 1 aliphatic heterocycles. The normalized spacial score (nSPS) is 17.5. The van der Waals surface area contributed by atoms with Crippen LogP contribution in [0.4, 0.5) is 0 Å². The number of benzene rings is 1. The molecule has 0 saturated carbocycles. The molecule has 3 rings (SSSR count). The number of aryl methyl sites for hydroxylation is 1. The number of carbonyl (C=O) groups is 2. The number of piperazine rings is 1. The number of hydrogen-bond donors (Lipinski definition) is 0. The Morgan fingerprint density at radius 1 is 1.20 bits per heavy atom. The Labute approximate surface area is 146 Å². The molecule has 7 heteroatoms. The summed E-state index contributed by atoms with van der Waals surface area (Å²) in [7, 11) is 3.36. The summed E-state index contributed by atoms with van der Waals surface area (Å²) in [4.78, 5) is 28.5. The molecule has 1 saturated heterocycles. The number of para-hydroxylation sites is 1. The Balaban J connectivity index is 1.99. The summed E-state index contributed by atoms with van der Waals surface area (Å²) in [6.07, 6.45) is 1.61. The summed E-state index contributed by atoms with van der Waals surface area (Å²) in [6.45, 7) is 2.98. The van der Waals surface area contributed by atoms with Crippen LogP contribution < -0.4 is 4.74 Å². The highest BCUT2D eigenvalue weighted by Gasteiger charge is 2.35. The van der Waals surface area contributed by atoms with Crippen molar-refractivity contribution in [2.45, 2.75) is 13.0 Å². The molecule has 0 aliphatic carbocycles. The van der Waals surface area contributed by atoms with Crippen molar-refractivity contribution in [3.8, 4) is 5.75 Å². The number of aromatic nitrogens is 2. The highest BCUT2D eigenvalue weighted by Crippen LogP contribution is 2.33. The minimum Gasteiger partial charge on any atom is -0.496 e. The number of methoxy groups -OCH3 is 1. The van der Waals surface area contributed by atoms with E-state index in [2.05, 4.69) is 5.10 Å². The van der Waals surface area contributed by atoms with E-state index in [1.807, 2.05) is 24.3 Å². The predicted octanol–water partition coefficient (Wildman–Crippen LogP) is 1.47. The van der Waals surface area contributed by atoms with Gasteiger partial charge in [0.2, 0.25) is 5.91 Å². The van der Waals surface area contributed by atoms with Crippen LogP contribution in [-0.4, -0.2) is 58.1 Å². The van der Waals surface area contributed by atoms with E-state index in [9.17, 15) is 9.59 Å². The zero-order valence-electron chi connectivity index (χ0n) is 14.7. The van der Waals surface area contributed by atoms with Crippen LogP contribution in [0.25, 0.3) is 0 Å². The second kappa shape index (κ2) is 6.96. The van der Waals surface area contributed by atoms with Crippen molar-refractivity contribution >= 4 is 11.8 Å². The van der Waals surface area contributed by atoms with Crippen molar-refractivity contribution < 1.29 is 14.3 Å². The Bertz CT molecular complexity index is 786. The number of rotatable bonds is 3. The first kappa shape index (κ1) is 17.0. The fourth-order valence-corrected chi connectivity index (χ4v) is 3.25. The van der Waals surface area contributed by atoms with Crippen LogP contribution in [0.15, 0.2) is 36.5 Å². The van der Waals surface area contributed by atoms with Crippen molar-refractivity contribution in [1.29, 1.82) is 0 Å². The lowest BCUT2D eigenvalue weighted by Crippen LogP contribution is -2.52. The zero-order chi connectivity index (χ0) is 18.0. The van der Waals surface area contributed by atoms with Crippen molar-refractivity contribution in [3.63, 3.8) is 0 Å². The summed E-state index contributed by atoms with van der Waals surface area (Å²) >= 11 is 0.